The number of halogens is 1. The van der Waals surface area contributed by atoms with Gasteiger partial charge in [0.25, 0.3) is 0 Å². The molecule has 0 saturated carbocycles. The molecule has 2 aromatic rings. The van der Waals surface area contributed by atoms with E-state index in [4.69, 9.17) is 5.11 Å². The summed E-state index contributed by atoms with van der Waals surface area (Å²) in [5.41, 5.74) is 0.705. The Hall–Kier alpha value is -1.27. The Kier molecular flexibility index (Phi) is 2.79. The van der Waals surface area contributed by atoms with Crippen LogP contribution < -0.4 is 0 Å². The molecule has 0 fully saturated rings. The molecular weight excluding hydrogens is 280 g/mol. The van der Waals surface area contributed by atoms with E-state index in [1.54, 1.807) is 18.3 Å². The van der Waals surface area contributed by atoms with Gasteiger partial charge in [-0.2, -0.15) is 0 Å². The number of carboxylic acid groups (broad SMARTS) is 1. The molecule has 0 aromatic carbocycles. The maximum atomic E-state index is 10.8. The number of carboxylic acids is 1. The van der Waals surface area contributed by atoms with Gasteiger partial charge in [0.1, 0.15) is 8.79 Å². The largest absolute Gasteiger partial charge is 0.476 e. The van der Waals surface area contributed by atoms with Gasteiger partial charge in [-0.1, -0.05) is 6.07 Å². The molecule has 2 heterocycles. The zero-order valence-corrected chi connectivity index (χ0v) is 9.75. The van der Waals surface area contributed by atoms with Crippen molar-refractivity contribution in [2.45, 2.75) is 0 Å². The standard InChI is InChI=1S/C9H5BrN2O2S/c10-7-6(9(13)14)12-8(15-7)5-3-1-2-4-11-5/h1-4H,(H,13,14). The molecule has 15 heavy (non-hydrogen) atoms. The Morgan fingerprint density at radius 3 is 2.80 bits per heavy atom. The summed E-state index contributed by atoms with van der Waals surface area (Å²) in [4.78, 5) is 18.8. The Balaban J connectivity index is 2.48. The smallest absolute Gasteiger partial charge is 0.356 e. The number of aromatic carboxylic acids is 1. The minimum absolute atomic E-state index is 0.0284. The third-order valence-corrected chi connectivity index (χ3v) is 3.40. The molecule has 76 valence electrons. The molecule has 0 spiro atoms. The number of hydrogen-bond acceptors (Lipinski definition) is 4. The molecule has 2 aromatic heterocycles. The zero-order valence-electron chi connectivity index (χ0n) is 7.35. The number of nitrogens with zero attached hydrogens (tertiary/aromatic N) is 2. The van der Waals surface area contributed by atoms with Gasteiger partial charge in [-0.25, -0.2) is 9.78 Å². The van der Waals surface area contributed by atoms with E-state index in [2.05, 4.69) is 25.9 Å². The highest BCUT2D eigenvalue weighted by Gasteiger charge is 2.16. The molecule has 0 aliphatic heterocycles. The lowest BCUT2D eigenvalue weighted by Crippen LogP contribution is -1.97. The lowest BCUT2D eigenvalue weighted by Gasteiger charge is -1.91. The van der Waals surface area contributed by atoms with Crippen LogP contribution in [-0.4, -0.2) is 21.0 Å². The number of thiazole rings is 1. The molecule has 0 aliphatic rings. The van der Waals surface area contributed by atoms with Gasteiger partial charge in [0.2, 0.25) is 0 Å². The highest BCUT2D eigenvalue weighted by atomic mass is 79.9. The predicted octanol–water partition coefficient (Wildman–Crippen LogP) is 2.67. The van der Waals surface area contributed by atoms with Crippen molar-refractivity contribution in [3.05, 3.63) is 33.9 Å². The van der Waals surface area contributed by atoms with E-state index in [1.165, 1.54) is 11.3 Å². The number of hydrogen-bond donors (Lipinski definition) is 1. The molecule has 0 radical (unpaired) electrons. The summed E-state index contributed by atoms with van der Waals surface area (Å²) in [6.07, 6.45) is 1.64. The SMILES string of the molecule is O=C(O)c1nc(-c2ccccn2)sc1Br. The van der Waals surface area contributed by atoms with Crippen LogP contribution in [-0.2, 0) is 0 Å². The monoisotopic (exact) mass is 284 g/mol. The van der Waals surface area contributed by atoms with Crippen LogP contribution in [0.1, 0.15) is 10.5 Å². The average molecular weight is 285 g/mol. The van der Waals surface area contributed by atoms with Crippen molar-refractivity contribution in [1.29, 1.82) is 0 Å². The van der Waals surface area contributed by atoms with E-state index >= 15 is 0 Å². The van der Waals surface area contributed by atoms with Crippen LogP contribution in [0.15, 0.2) is 28.2 Å². The van der Waals surface area contributed by atoms with Crippen LogP contribution in [0.2, 0.25) is 0 Å². The van der Waals surface area contributed by atoms with Crippen LogP contribution >= 0.6 is 27.3 Å². The first-order valence-electron chi connectivity index (χ1n) is 3.99. The van der Waals surface area contributed by atoms with Crippen molar-refractivity contribution < 1.29 is 9.90 Å². The molecule has 0 saturated heterocycles. The normalized spacial score (nSPS) is 10.2. The van der Waals surface area contributed by atoms with Crippen molar-refractivity contribution in [3.63, 3.8) is 0 Å². The summed E-state index contributed by atoms with van der Waals surface area (Å²) in [6.45, 7) is 0. The van der Waals surface area contributed by atoms with Crippen LogP contribution in [0.25, 0.3) is 10.7 Å². The van der Waals surface area contributed by atoms with Gasteiger partial charge < -0.3 is 5.11 Å². The van der Waals surface area contributed by atoms with E-state index in [0.717, 1.165) is 0 Å². The van der Waals surface area contributed by atoms with Crippen LogP contribution in [0.4, 0.5) is 0 Å². The Morgan fingerprint density at radius 1 is 1.47 bits per heavy atom. The van der Waals surface area contributed by atoms with Crippen molar-refractivity contribution >= 4 is 33.2 Å². The molecular formula is C9H5BrN2O2S. The second-order valence-corrected chi connectivity index (χ2v) is 4.98. The number of rotatable bonds is 2. The van der Waals surface area contributed by atoms with E-state index < -0.39 is 5.97 Å². The van der Waals surface area contributed by atoms with E-state index in [9.17, 15) is 4.79 Å². The lowest BCUT2D eigenvalue weighted by atomic mass is 10.4. The predicted molar refractivity (Wildman–Crippen MR) is 60.0 cm³/mol. The molecule has 0 amide bonds. The quantitative estimate of drug-likeness (QED) is 0.921. The minimum Gasteiger partial charge on any atom is -0.476 e. The van der Waals surface area contributed by atoms with Crippen molar-refractivity contribution in [2.75, 3.05) is 0 Å². The molecule has 0 unspecified atom stereocenters. The molecule has 0 aliphatic carbocycles. The zero-order chi connectivity index (χ0) is 10.8. The number of aromatic nitrogens is 2. The van der Waals surface area contributed by atoms with Gasteiger partial charge in [0.05, 0.1) is 5.69 Å². The van der Waals surface area contributed by atoms with E-state index in [-0.39, 0.29) is 5.69 Å². The topological polar surface area (TPSA) is 63.1 Å². The van der Waals surface area contributed by atoms with Crippen molar-refractivity contribution in [2.24, 2.45) is 0 Å². The summed E-state index contributed by atoms with van der Waals surface area (Å²) in [5.74, 6) is -1.04. The van der Waals surface area contributed by atoms with Crippen molar-refractivity contribution in [3.8, 4) is 10.7 Å². The molecule has 6 heteroatoms. The van der Waals surface area contributed by atoms with Crippen LogP contribution in [0.5, 0.6) is 0 Å². The lowest BCUT2D eigenvalue weighted by molar-refractivity contribution is 0.0690. The minimum atomic E-state index is -1.04. The maximum Gasteiger partial charge on any atom is 0.356 e. The summed E-state index contributed by atoms with van der Waals surface area (Å²) in [5, 5.41) is 9.42. The van der Waals surface area contributed by atoms with Gasteiger partial charge in [-0.15, -0.1) is 11.3 Å². The fraction of sp³-hybridized carbons (Fsp3) is 0. The molecule has 0 atom stereocenters. The average Bonchev–Trinajstić information content (AvgIpc) is 2.62. The first kappa shape index (κ1) is 10.3. The second-order valence-electron chi connectivity index (χ2n) is 2.66. The van der Waals surface area contributed by atoms with Gasteiger partial charge in [0, 0.05) is 6.20 Å². The van der Waals surface area contributed by atoms with E-state index in [0.29, 0.717) is 14.5 Å². The second kappa shape index (κ2) is 4.08. The van der Waals surface area contributed by atoms with E-state index in [1.807, 2.05) is 6.07 Å². The van der Waals surface area contributed by atoms with Gasteiger partial charge >= 0.3 is 5.97 Å². The van der Waals surface area contributed by atoms with Gasteiger partial charge in [-0.3, -0.25) is 4.98 Å². The third-order valence-electron chi connectivity index (χ3n) is 1.67. The highest BCUT2D eigenvalue weighted by molar-refractivity contribution is 9.11. The van der Waals surface area contributed by atoms with Crippen LogP contribution in [0, 0.1) is 0 Å². The van der Waals surface area contributed by atoms with Crippen molar-refractivity contribution in [1.82, 2.24) is 9.97 Å². The number of carbonyl (C=O) groups is 1. The Labute approximate surface area is 97.8 Å². The summed E-state index contributed by atoms with van der Waals surface area (Å²) in [6, 6.07) is 5.42. The summed E-state index contributed by atoms with van der Waals surface area (Å²) < 4.78 is 0.510. The van der Waals surface area contributed by atoms with Gasteiger partial charge in [-0.05, 0) is 28.1 Å². The Bertz CT molecular complexity index is 498. The summed E-state index contributed by atoms with van der Waals surface area (Å²) >= 11 is 4.42. The Morgan fingerprint density at radius 2 is 2.27 bits per heavy atom. The van der Waals surface area contributed by atoms with Gasteiger partial charge in [0.15, 0.2) is 5.69 Å². The first-order valence-corrected chi connectivity index (χ1v) is 5.60. The number of pyridine rings is 1. The molecule has 0 bridgehead atoms. The fourth-order valence-corrected chi connectivity index (χ4v) is 2.51. The maximum absolute atomic E-state index is 10.8. The first-order chi connectivity index (χ1) is 7.18. The molecule has 4 nitrogen and oxygen atoms in total. The molecule has 1 N–H and O–H groups in total. The highest BCUT2D eigenvalue weighted by Crippen LogP contribution is 2.30. The van der Waals surface area contributed by atoms with Crippen LogP contribution in [0.3, 0.4) is 0 Å². The third kappa shape index (κ3) is 2.05. The molecule has 2 rings (SSSR count). The fourth-order valence-electron chi connectivity index (χ4n) is 1.03. The summed E-state index contributed by atoms with van der Waals surface area (Å²) in [7, 11) is 0.